The van der Waals surface area contributed by atoms with Crippen molar-refractivity contribution < 1.29 is 19.4 Å². The van der Waals surface area contributed by atoms with Gasteiger partial charge in [-0.25, -0.2) is 0 Å². The zero-order valence-electron chi connectivity index (χ0n) is 14.4. The van der Waals surface area contributed by atoms with Crippen molar-refractivity contribution in [3.8, 4) is 23.3 Å². The Balaban J connectivity index is 2.35. The number of nitrogens with zero attached hydrogens (tertiary/aromatic N) is 2. The Morgan fingerprint density at radius 2 is 2.04 bits per heavy atom. The highest BCUT2D eigenvalue weighted by Gasteiger charge is 2.36. The van der Waals surface area contributed by atoms with Crippen LogP contribution in [0.2, 0.25) is 0 Å². The minimum atomic E-state index is -0.851. The lowest BCUT2D eigenvalue weighted by molar-refractivity contribution is 0.165. The Morgan fingerprint density at radius 3 is 2.65 bits per heavy atom. The van der Waals surface area contributed by atoms with Gasteiger partial charge in [0.25, 0.3) is 5.56 Å². The molecule has 1 aliphatic heterocycles. The van der Waals surface area contributed by atoms with Gasteiger partial charge in [0.1, 0.15) is 28.9 Å². The van der Waals surface area contributed by atoms with Crippen LogP contribution in [0.4, 0.5) is 0 Å². The largest absolute Gasteiger partial charge is 0.497 e. The Kier molecular flexibility index (Phi) is 4.22. The number of allylic oxidation sites excluding steroid dienone is 1. The Labute approximate surface area is 149 Å². The average Bonchev–Trinajstić information content (AvgIpc) is 2.64. The molecule has 0 spiro atoms. The third-order valence-electron chi connectivity index (χ3n) is 4.30. The van der Waals surface area contributed by atoms with Crippen LogP contribution in [0.5, 0.6) is 17.2 Å². The molecule has 1 aliphatic rings. The van der Waals surface area contributed by atoms with Crippen LogP contribution < -0.4 is 25.5 Å². The van der Waals surface area contributed by atoms with Crippen molar-refractivity contribution in [2.45, 2.75) is 12.8 Å². The normalized spacial score (nSPS) is 15.7. The number of methoxy groups -OCH3 is 2. The van der Waals surface area contributed by atoms with Gasteiger partial charge in [-0.1, -0.05) is 6.07 Å². The van der Waals surface area contributed by atoms with Crippen molar-refractivity contribution in [3.05, 3.63) is 62.9 Å². The molecule has 26 heavy (non-hydrogen) atoms. The smallest absolute Gasteiger partial charge is 0.291 e. The molecular formula is C18H17N3O5. The molecule has 2 heterocycles. The van der Waals surface area contributed by atoms with Crippen LogP contribution in [-0.2, 0) is 0 Å². The van der Waals surface area contributed by atoms with Gasteiger partial charge in [0.15, 0.2) is 0 Å². The van der Waals surface area contributed by atoms with Crippen molar-refractivity contribution in [2.75, 3.05) is 14.2 Å². The molecule has 0 amide bonds. The summed E-state index contributed by atoms with van der Waals surface area (Å²) in [6, 6.07) is 8.49. The second kappa shape index (κ2) is 6.37. The lowest BCUT2D eigenvalue weighted by Crippen LogP contribution is -2.32. The molecule has 0 bridgehead atoms. The van der Waals surface area contributed by atoms with Crippen molar-refractivity contribution in [1.29, 1.82) is 5.26 Å². The number of aryl methyl sites for hydroxylation is 1. The second-order valence-corrected chi connectivity index (χ2v) is 5.71. The molecule has 0 fully saturated rings. The minimum Gasteiger partial charge on any atom is -0.497 e. The SMILES string of the molecule is COc1ccc([C@@H]2C(C#N)=C(N)Oc3cc(C)n(O)c(=O)c32)c(OC)c1. The number of benzene rings is 1. The van der Waals surface area contributed by atoms with E-state index in [1.54, 1.807) is 25.1 Å². The number of ether oxygens (including phenoxy) is 3. The summed E-state index contributed by atoms with van der Waals surface area (Å²) in [5.74, 6) is 0.203. The maximum Gasteiger partial charge on any atom is 0.291 e. The summed E-state index contributed by atoms with van der Waals surface area (Å²) in [6.45, 7) is 1.55. The third kappa shape index (κ3) is 2.50. The number of hydrogen-bond acceptors (Lipinski definition) is 7. The van der Waals surface area contributed by atoms with Crippen LogP contribution in [0.3, 0.4) is 0 Å². The van der Waals surface area contributed by atoms with Gasteiger partial charge in [0.2, 0.25) is 5.88 Å². The molecule has 0 saturated carbocycles. The van der Waals surface area contributed by atoms with Crippen molar-refractivity contribution in [1.82, 2.24) is 4.73 Å². The molecule has 0 unspecified atom stereocenters. The fourth-order valence-electron chi connectivity index (χ4n) is 3.01. The van der Waals surface area contributed by atoms with Gasteiger partial charge in [-0.3, -0.25) is 4.79 Å². The molecule has 2 aromatic rings. The predicted octanol–water partition coefficient (Wildman–Crippen LogP) is 1.63. The van der Waals surface area contributed by atoms with Gasteiger partial charge in [0, 0.05) is 17.7 Å². The first-order valence-electron chi connectivity index (χ1n) is 7.68. The molecule has 0 saturated heterocycles. The van der Waals surface area contributed by atoms with Gasteiger partial charge in [-0.2, -0.15) is 9.99 Å². The topological polar surface area (TPSA) is 120 Å². The van der Waals surface area contributed by atoms with Crippen LogP contribution in [-0.4, -0.2) is 24.2 Å². The van der Waals surface area contributed by atoms with Gasteiger partial charge in [-0.15, -0.1) is 0 Å². The van der Waals surface area contributed by atoms with Crippen molar-refractivity contribution in [2.24, 2.45) is 5.73 Å². The molecule has 8 nitrogen and oxygen atoms in total. The van der Waals surface area contributed by atoms with E-state index in [4.69, 9.17) is 19.9 Å². The first-order valence-corrected chi connectivity index (χ1v) is 7.68. The van der Waals surface area contributed by atoms with E-state index in [1.165, 1.54) is 20.3 Å². The monoisotopic (exact) mass is 355 g/mol. The number of pyridine rings is 1. The quantitative estimate of drug-likeness (QED) is 0.803. The number of hydrogen-bond donors (Lipinski definition) is 2. The molecular weight excluding hydrogens is 338 g/mol. The molecule has 3 rings (SSSR count). The van der Waals surface area contributed by atoms with Crippen molar-refractivity contribution >= 4 is 0 Å². The summed E-state index contributed by atoms with van der Waals surface area (Å²) in [4.78, 5) is 12.7. The fraction of sp³-hybridized carbons (Fsp3) is 0.222. The second-order valence-electron chi connectivity index (χ2n) is 5.71. The molecule has 8 heteroatoms. The van der Waals surface area contributed by atoms with E-state index in [9.17, 15) is 15.3 Å². The number of aromatic nitrogens is 1. The van der Waals surface area contributed by atoms with Gasteiger partial charge < -0.3 is 25.2 Å². The molecule has 1 aromatic heterocycles. The number of fused-ring (bicyclic) bond motifs is 1. The molecule has 1 atom stereocenters. The highest BCUT2D eigenvalue weighted by molar-refractivity contribution is 5.59. The summed E-state index contributed by atoms with van der Waals surface area (Å²) < 4.78 is 16.6. The molecule has 0 aliphatic carbocycles. The van der Waals surface area contributed by atoms with E-state index in [1.807, 2.05) is 6.07 Å². The minimum absolute atomic E-state index is 0.0573. The van der Waals surface area contributed by atoms with Crippen LogP contribution in [0, 0.1) is 18.3 Å². The fourth-order valence-corrected chi connectivity index (χ4v) is 3.01. The van der Waals surface area contributed by atoms with Crippen LogP contribution in [0.25, 0.3) is 0 Å². The van der Waals surface area contributed by atoms with E-state index < -0.39 is 11.5 Å². The molecule has 0 radical (unpaired) electrons. The summed E-state index contributed by atoms with van der Waals surface area (Å²) >= 11 is 0. The highest BCUT2D eigenvalue weighted by Crippen LogP contribution is 2.44. The van der Waals surface area contributed by atoms with E-state index >= 15 is 0 Å². The van der Waals surface area contributed by atoms with E-state index in [0.29, 0.717) is 21.8 Å². The third-order valence-corrected chi connectivity index (χ3v) is 4.30. The molecule has 3 N–H and O–H groups in total. The van der Waals surface area contributed by atoms with Crippen LogP contribution >= 0.6 is 0 Å². The first kappa shape index (κ1) is 17.2. The lowest BCUT2D eigenvalue weighted by Gasteiger charge is -2.27. The van der Waals surface area contributed by atoms with Crippen LogP contribution in [0.1, 0.15) is 22.7 Å². The maximum absolute atomic E-state index is 12.7. The first-order chi connectivity index (χ1) is 12.4. The Bertz CT molecular complexity index is 1020. The molecule has 134 valence electrons. The number of rotatable bonds is 3. The van der Waals surface area contributed by atoms with E-state index in [2.05, 4.69) is 0 Å². The van der Waals surface area contributed by atoms with Gasteiger partial charge in [0.05, 0.1) is 31.4 Å². The summed E-state index contributed by atoms with van der Waals surface area (Å²) in [5, 5.41) is 19.6. The summed E-state index contributed by atoms with van der Waals surface area (Å²) in [7, 11) is 2.99. The standard InChI is InChI=1S/C18H17N3O5/c1-9-6-14-16(18(22)21(9)23)15(12(8-19)17(20)26-14)11-5-4-10(24-2)7-13(11)25-3/h4-7,15,23H,20H2,1-3H3/t15-/m1/s1. The predicted molar refractivity (Wildman–Crippen MR) is 91.5 cm³/mol. The zero-order valence-corrected chi connectivity index (χ0v) is 14.4. The number of nitriles is 1. The summed E-state index contributed by atoms with van der Waals surface area (Å²) in [5.41, 5.74) is 6.19. The summed E-state index contributed by atoms with van der Waals surface area (Å²) in [6.07, 6.45) is 0. The lowest BCUT2D eigenvalue weighted by atomic mass is 9.83. The van der Waals surface area contributed by atoms with Crippen LogP contribution in [0.15, 0.2) is 40.5 Å². The van der Waals surface area contributed by atoms with Gasteiger partial charge >= 0.3 is 0 Å². The zero-order chi connectivity index (χ0) is 19.0. The van der Waals surface area contributed by atoms with E-state index in [0.717, 1.165) is 0 Å². The maximum atomic E-state index is 12.7. The number of nitrogens with two attached hydrogens (primary N) is 1. The van der Waals surface area contributed by atoms with E-state index in [-0.39, 0.29) is 28.5 Å². The molecule has 1 aromatic carbocycles. The average molecular weight is 355 g/mol. The Hall–Kier alpha value is -3.60. The highest BCUT2D eigenvalue weighted by atomic mass is 16.5. The van der Waals surface area contributed by atoms with Crippen molar-refractivity contribution in [3.63, 3.8) is 0 Å². The van der Waals surface area contributed by atoms with Gasteiger partial charge in [-0.05, 0) is 13.0 Å². The Morgan fingerprint density at radius 1 is 1.31 bits per heavy atom.